The van der Waals surface area contributed by atoms with E-state index >= 15 is 0 Å². The number of anilines is 1. The minimum absolute atomic E-state index is 0.0538. The SMILES string of the molecule is COc1ccc([N+](=O)[O-])cc1-c1ccc(C=NNc2ncnc3scc(-c4ccccc4)c23)o1. The molecule has 0 fully saturated rings. The Balaban J connectivity index is 1.41. The summed E-state index contributed by atoms with van der Waals surface area (Å²) in [6, 6.07) is 17.8. The van der Waals surface area contributed by atoms with Crippen LogP contribution in [0.25, 0.3) is 32.7 Å². The highest BCUT2D eigenvalue weighted by molar-refractivity contribution is 7.17. The van der Waals surface area contributed by atoms with Gasteiger partial charge in [-0.2, -0.15) is 5.10 Å². The predicted molar refractivity (Wildman–Crippen MR) is 131 cm³/mol. The number of hydrogen-bond donors (Lipinski definition) is 1. The Morgan fingerprint density at radius 3 is 2.76 bits per heavy atom. The fourth-order valence-corrected chi connectivity index (χ4v) is 4.43. The van der Waals surface area contributed by atoms with Gasteiger partial charge in [-0.05, 0) is 23.8 Å². The van der Waals surface area contributed by atoms with Gasteiger partial charge in [0.2, 0.25) is 0 Å². The van der Waals surface area contributed by atoms with Crippen LogP contribution in [0.3, 0.4) is 0 Å². The van der Waals surface area contributed by atoms with Gasteiger partial charge in [-0.25, -0.2) is 9.97 Å². The Morgan fingerprint density at radius 1 is 1.12 bits per heavy atom. The van der Waals surface area contributed by atoms with E-state index in [2.05, 4.69) is 25.9 Å². The number of fused-ring (bicyclic) bond motifs is 1. The van der Waals surface area contributed by atoms with Crippen molar-refractivity contribution in [3.05, 3.63) is 88.2 Å². The van der Waals surface area contributed by atoms with Crippen LogP contribution < -0.4 is 10.2 Å². The van der Waals surface area contributed by atoms with E-state index in [-0.39, 0.29) is 5.69 Å². The molecule has 0 radical (unpaired) electrons. The zero-order valence-electron chi connectivity index (χ0n) is 17.8. The summed E-state index contributed by atoms with van der Waals surface area (Å²) in [5.41, 5.74) is 5.50. The molecule has 0 saturated heterocycles. The van der Waals surface area contributed by atoms with Crippen LogP contribution in [-0.4, -0.2) is 28.2 Å². The molecule has 168 valence electrons. The molecule has 0 bridgehead atoms. The fourth-order valence-electron chi connectivity index (χ4n) is 3.52. The Labute approximate surface area is 197 Å². The minimum Gasteiger partial charge on any atom is -0.496 e. The second kappa shape index (κ2) is 9.12. The van der Waals surface area contributed by atoms with E-state index in [0.29, 0.717) is 28.7 Å². The van der Waals surface area contributed by atoms with Crippen molar-refractivity contribution in [2.24, 2.45) is 5.10 Å². The van der Waals surface area contributed by atoms with E-state index in [9.17, 15) is 10.1 Å². The number of methoxy groups -OCH3 is 1. The molecule has 2 aromatic carbocycles. The fraction of sp³-hybridized carbons (Fsp3) is 0.0417. The lowest BCUT2D eigenvalue weighted by Gasteiger charge is -2.05. The van der Waals surface area contributed by atoms with Crippen LogP contribution >= 0.6 is 11.3 Å². The van der Waals surface area contributed by atoms with Crippen LogP contribution in [0.2, 0.25) is 0 Å². The van der Waals surface area contributed by atoms with Crippen molar-refractivity contribution in [1.82, 2.24) is 9.97 Å². The van der Waals surface area contributed by atoms with Gasteiger partial charge >= 0.3 is 0 Å². The van der Waals surface area contributed by atoms with Crippen molar-refractivity contribution in [3.63, 3.8) is 0 Å². The highest BCUT2D eigenvalue weighted by Crippen LogP contribution is 2.37. The monoisotopic (exact) mass is 471 g/mol. The van der Waals surface area contributed by atoms with Gasteiger partial charge in [-0.1, -0.05) is 30.3 Å². The average molecular weight is 471 g/mol. The lowest BCUT2D eigenvalue weighted by Crippen LogP contribution is -1.95. The molecule has 0 unspecified atom stereocenters. The first kappa shape index (κ1) is 21.3. The largest absolute Gasteiger partial charge is 0.496 e. The van der Waals surface area contributed by atoms with Gasteiger partial charge in [0.1, 0.15) is 28.4 Å². The summed E-state index contributed by atoms with van der Waals surface area (Å²) in [5, 5.41) is 18.4. The van der Waals surface area contributed by atoms with E-state index in [0.717, 1.165) is 21.3 Å². The van der Waals surface area contributed by atoms with E-state index in [1.807, 2.05) is 30.3 Å². The van der Waals surface area contributed by atoms with Gasteiger partial charge in [-0.15, -0.1) is 11.3 Å². The lowest BCUT2D eigenvalue weighted by molar-refractivity contribution is -0.384. The van der Waals surface area contributed by atoms with E-state index in [1.54, 1.807) is 12.1 Å². The van der Waals surface area contributed by atoms with E-state index in [4.69, 9.17) is 9.15 Å². The van der Waals surface area contributed by atoms with Crippen molar-refractivity contribution < 1.29 is 14.1 Å². The molecule has 0 aliphatic carbocycles. The quantitative estimate of drug-likeness (QED) is 0.176. The molecular weight excluding hydrogens is 454 g/mol. The van der Waals surface area contributed by atoms with Crippen LogP contribution in [0.1, 0.15) is 5.76 Å². The maximum absolute atomic E-state index is 11.1. The van der Waals surface area contributed by atoms with Gasteiger partial charge in [0.05, 0.1) is 29.2 Å². The number of non-ortho nitro benzene ring substituents is 1. The molecule has 0 amide bonds. The molecule has 0 aliphatic rings. The van der Waals surface area contributed by atoms with E-state index < -0.39 is 4.92 Å². The highest BCUT2D eigenvalue weighted by atomic mass is 32.1. The summed E-state index contributed by atoms with van der Waals surface area (Å²) in [4.78, 5) is 20.3. The molecule has 0 atom stereocenters. The Bertz CT molecular complexity index is 1510. The van der Waals surface area contributed by atoms with Crippen molar-refractivity contribution >= 4 is 39.3 Å². The smallest absolute Gasteiger partial charge is 0.270 e. The topological polar surface area (TPSA) is 116 Å². The Hall–Kier alpha value is -4.57. The number of rotatable bonds is 7. The molecule has 0 aliphatic heterocycles. The van der Waals surface area contributed by atoms with Crippen LogP contribution in [0.15, 0.2) is 81.9 Å². The molecule has 0 saturated carbocycles. The number of nitrogens with zero attached hydrogens (tertiary/aromatic N) is 4. The first-order valence-corrected chi connectivity index (χ1v) is 11.0. The van der Waals surface area contributed by atoms with Crippen molar-refractivity contribution in [3.8, 4) is 28.2 Å². The average Bonchev–Trinajstić information content (AvgIpc) is 3.52. The molecule has 3 aromatic heterocycles. The molecule has 1 N–H and O–H groups in total. The second-order valence-electron chi connectivity index (χ2n) is 7.13. The molecule has 10 heteroatoms. The van der Waals surface area contributed by atoms with Crippen LogP contribution in [0.5, 0.6) is 5.75 Å². The number of hydrogen-bond acceptors (Lipinski definition) is 9. The van der Waals surface area contributed by atoms with Gasteiger partial charge in [0, 0.05) is 23.1 Å². The summed E-state index contributed by atoms with van der Waals surface area (Å²) in [6.45, 7) is 0. The maximum Gasteiger partial charge on any atom is 0.270 e. The zero-order valence-corrected chi connectivity index (χ0v) is 18.7. The first-order chi connectivity index (χ1) is 16.6. The molecular formula is C24H17N5O4S. The predicted octanol–water partition coefficient (Wildman–Crippen LogP) is 5.98. The van der Waals surface area contributed by atoms with Gasteiger partial charge in [-0.3, -0.25) is 15.5 Å². The molecule has 9 nitrogen and oxygen atoms in total. The number of benzene rings is 2. The summed E-state index contributed by atoms with van der Waals surface area (Å²) in [5.74, 6) is 1.93. The minimum atomic E-state index is -0.464. The van der Waals surface area contributed by atoms with Gasteiger partial charge in [0.15, 0.2) is 5.82 Å². The molecule has 0 spiro atoms. The molecule has 34 heavy (non-hydrogen) atoms. The summed E-state index contributed by atoms with van der Waals surface area (Å²) in [7, 11) is 1.50. The highest BCUT2D eigenvalue weighted by Gasteiger charge is 2.16. The molecule has 3 heterocycles. The Kier molecular flexibility index (Phi) is 5.71. The number of thiophene rings is 1. The van der Waals surface area contributed by atoms with Crippen molar-refractivity contribution in [2.75, 3.05) is 12.5 Å². The third kappa shape index (κ3) is 4.09. The van der Waals surface area contributed by atoms with Crippen LogP contribution in [-0.2, 0) is 0 Å². The third-order valence-electron chi connectivity index (χ3n) is 5.10. The van der Waals surface area contributed by atoms with Crippen LogP contribution in [0.4, 0.5) is 11.5 Å². The number of furan rings is 1. The molecule has 5 aromatic rings. The first-order valence-electron chi connectivity index (χ1n) is 10.1. The maximum atomic E-state index is 11.1. The second-order valence-corrected chi connectivity index (χ2v) is 7.99. The third-order valence-corrected chi connectivity index (χ3v) is 5.99. The lowest BCUT2D eigenvalue weighted by atomic mass is 10.1. The van der Waals surface area contributed by atoms with Gasteiger partial charge in [0.25, 0.3) is 5.69 Å². The standard InChI is InChI=1S/C24H17N5O4S/c1-32-20-9-7-16(29(30)31)11-18(20)21-10-8-17(33-21)12-27-28-23-22-19(15-5-3-2-4-6-15)13-34-24(22)26-14-25-23/h2-14H,1H3,(H,25,26,28). The number of ether oxygens (including phenoxy) is 1. The number of nitro benzene ring substituents is 1. The normalized spacial score (nSPS) is 11.2. The van der Waals surface area contributed by atoms with Crippen molar-refractivity contribution in [2.45, 2.75) is 0 Å². The van der Waals surface area contributed by atoms with Gasteiger partial charge < -0.3 is 9.15 Å². The number of nitro groups is 1. The number of hydrazone groups is 1. The zero-order chi connectivity index (χ0) is 23.5. The Morgan fingerprint density at radius 2 is 1.97 bits per heavy atom. The summed E-state index contributed by atoms with van der Waals surface area (Å²) >= 11 is 1.54. The number of nitrogens with one attached hydrogen (secondary N) is 1. The summed E-state index contributed by atoms with van der Waals surface area (Å²) in [6.07, 6.45) is 3.00. The summed E-state index contributed by atoms with van der Waals surface area (Å²) < 4.78 is 11.1. The van der Waals surface area contributed by atoms with E-state index in [1.165, 1.54) is 49.2 Å². The van der Waals surface area contributed by atoms with Crippen molar-refractivity contribution in [1.29, 1.82) is 0 Å². The van der Waals surface area contributed by atoms with Crippen LogP contribution in [0, 0.1) is 10.1 Å². The number of aromatic nitrogens is 2. The molecule has 5 rings (SSSR count).